The number of amides is 2. The molecular formula is C12H20ClN3O3. The first kappa shape index (κ1) is 17.5. The molecule has 1 atom stereocenters. The number of primary amides is 1. The van der Waals surface area contributed by atoms with E-state index < -0.39 is 11.9 Å². The van der Waals surface area contributed by atoms with E-state index in [0.29, 0.717) is 5.76 Å². The van der Waals surface area contributed by atoms with Crippen molar-refractivity contribution in [1.82, 2.24) is 5.32 Å². The quantitative estimate of drug-likeness (QED) is 0.761. The van der Waals surface area contributed by atoms with Crippen LogP contribution in [0.3, 0.4) is 0 Å². The number of rotatable bonds is 4. The molecule has 2 amide bonds. The van der Waals surface area contributed by atoms with Gasteiger partial charge in [-0.15, -0.1) is 12.4 Å². The van der Waals surface area contributed by atoms with Crippen molar-refractivity contribution in [3.8, 4) is 0 Å². The van der Waals surface area contributed by atoms with Crippen molar-refractivity contribution in [2.75, 3.05) is 0 Å². The molecule has 0 spiro atoms. The summed E-state index contributed by atoms with van der Waals surface area (Å²) in [7, 11) is 0. The lowest BCUT2D eigenvalue weighted by Crippen LogP contribution is -2.48. The van der Waals surface area contributed by atoms with Crippen molar-refractivity contribution >= 4 is 24.2 Å². The molecule has 108 valence electrons. The first-order valence-corrected chi connectivity index (χ1v) is 5.63. The predicted octanol–water partition coefficient (Wildman–Crippen LogP) is 0.790. The van der Waals surface area contributed by atoms with Gasteiger partial charge in [-0.1, -0.05) is 20.8 Å². The van der Waals surface area contributed by atoms with Crippen molar-refractivity contribution in [1.29, 1.82) is 0 Å². The summed E-state index contributed by atoms with van der Waals surface area (Å²) in [4.78, 5) is 22.5. The van der Waals surface area contributed by atoms with E-state index in [1.165, 1.54) is 6.07 Å². The SMILES string of the molecule is CC(C)(C)[C@H](N)C(=O)NCc1ccc(C(N)=O)o1.Cl. The molecule has 1 aromatic rings. The zero-order valence-electron chi connectivity index (χ0n) is 11.2. The summed E-state index contributed by atoms with van der Waals surface area (Å²) < 4.78 is 5.13. The second-order valence-corrected chi connectivity index (χ2v) is 5.19. The van der Waals surface area contributed by atoms with Crippen LogP contribution in [0.2, 0.25) is 0 Å². The number of halogens is 1. The van der Waals surface area contributed by atoms with E-state index in [-0.39, 0.29) is 36.0 Å². The molecule has 0 bridgehead atoms. The molecule has 0 radical (unpaired) electrons. The zero-order chi connectivity index (χ0) is 13.9. The van der Waals surface area contributed by atoms with Crippen molar-refractivity contribution in [2.24, 2.45) is 16.9 Å². The van der Waals surface area contributed by atoms with E-state index in [1.807, 2.05) is 20.8 Å². The monoisotopic (exact) mass is 289 g/mol. The fourth-order valence-corrected chi connectivity index (χ4v) is 1.28. The molecule has 0 saturated heterocycles. The first-order valence-electron chi connectivity index (χ1n) is 5.63. The fourth-order valence-electron chi connectivity index (χ4n) is 1.28. The Bertz CT molecular complexity index is 451. The highest BCUT2D eigenvalue weighted by Gasteiger charge is 2.27. The van der Waals surface area contributed by atoms with Crippen LogP contribution in [0.25, 0.3) is 0 Å². The van der Waals surface area contributed by atoms with Gasteiger partial charge in [-0.05, 0) is 17.5 Å². The standard InChI is InChI=1S/C12H19N3O3.ClH/c1-12(2,3)9(13)11(17)15-6-7-4-5-8(18-7)10(14)16;/h4-5,9H,6,13H2,1-3H3,(H2,14,16)(H,15,17);1H/t9-;/m1./s1. The Kier molecular flexibility index (Phi) is 6.05. The Balaban J connectivity index is 0.00000324. The van der Waals surface area contributed by atoms with E-state index in [2.05, 4.69) is 5.32 Å². The fraction of sp³-hybridized carbons (Fsp3) is 0.500. The van der Waals surface area contributed by atoms with Gasteiger partial charge in [0.25, 0.3) is 5.91 Å². The number of carbonyl (C=O) groups is 2. The van der Waals surface area contributed by atoms with Gasteiger partial charge in [-0.3, -0.25) is 9.59 Å². The number of carbonyl (C=O) groups excluding carboxylic acids is 2. The molecule has 1 heterocycles. The van der Waals surface area contributed by atoms with E-state index >= 15 is 0 Å². The summed E-state index contributed by atoms with van der Waals surface area (Å²) in [5, 5.41) is 2.65. The topological polar surface area (TPSA) is 111 Å². The molecule has 5 N–H and O–H groups in total. The lowest BCUT2D eigenvalue weighted by molar-refractivity contribution is -0.124. The van der Waals surface area contributed by atoms with Gasteiger partial charge in [-0.2, -0.15) is 0 Å². The Labute approximate surface area is 118 Å². The lowest BCUT2D eigenvalue weighted by Gasteiger charge is -2.25. The van der Waals surface area contributed by atoms with Gasteiger partial charge in [0.05, 0.1) is 12.6 Å². The molecule has 0 saturated carbocycles. The van der Waals surface area contributed by atoms with Gasteiger partial charge in [0.15, 0.2) is 5.76 Å². The van der Waals surface area contributed by atoms with Gasteiger partial charge in [0.1, 0.15) is 5.76 Å². The summed E-state index contributed by atoms with van der Waals surface area (Å²) in [5.41, 5.74) is 10.5. The van der Waals surface area contributed by atoms with Crippen LogP contribution >= 0.6 is 12.4 Å². The molecule has 0 aliphatic rings. The van der Waals surface area contributed by atoms with Crippen LogP contribution in [0.15, 0.2) is 16.5 Å². The average molecular weight is 290 g/mol. The van der Waals surface area contributed by atoms with Crippen LogP contribution in [0.5, 0.6) is 0 Å². The first-order chi connectivity index (χ1) is 8.21. The van der Waals surface area contributed by atoms with Crippen LogP contribution < -0.4 is 16.8 Å². The zero-order valence-corrected chi connectivity index (χ0v) is 12.0. The number of hydrogen-bond acceptors (Lipinski definition) is 4. The maximum Gasteiger partial charge on any atom is 0.284 e. The summed E-state index contributed by atoms with van der Waals surface area (Å²) in [5.74, 6) is -0.379. The Morgan fingerprint density at radius 1 is 1.37 bits per heavy atom. The maximum absolute atomic E-state index is 11.7. The van der Waals surface area contributed by atoms with Crippen LogP contribution in [0.1, 0.15) is 37.1 Å². The molecule has 0 aliphatic carbocycles. The third-order valence-electron chi connectivity index (χ3n) is 2.56. The Morgan fingerprint density at radius 3 is 2.37 bits per heavy atom. The van der Waals surface area contributed by atoms with E-state index in [1.54, 1.807) is 6.07 Å². The van der Waals surface area contributed by atoms with Crippen molar-refractivity contribution in [3.63, 3.8) is 0 Å². The number of furan rings is 1. The minimum Gasteiger partial charge on any atom is -0.454 e. The highest BCUT2D eigenvalue weighted by molar-refractivity contribution is 5.89. The molecule has 0 aliphatic heterocycles. The molecule has 19 heavy (non-hydrogen) atoms. The van der Waals surface area contributed by atoms with Crippen LogP contribution in [0, 0.1) is 5.41 Å². The predicted molar refractivity (Wildman–Crippen MR) is 73.8 cm³/mol. The molecule has 7 heteroatoms. The highest BCUT2D eigenvalue weighted by Crippen LogP contribution is 2.17. The molecule has 1 aromatic heterocycles. The molecule has 6 nitrogen and oxygen atoms in total. The smallest absolute Gasteiger partial charge is 0.284 e. The summed E-state index contributed by atoms with van der Waals surface area (Å²) in [6.45, 7) is 5.83. The lowest BCUT2D eigenvalue weighted by atomic mass is 9.87. The van der Waals surface area contributed by atoms with Crippen LogP contribution in [0.4, 0.5) is 0 Å². The average Bonchev–Trinajstić information content (AvgIpc) is 2.72. The largest absolute Gasteiger partial charge is 0.454 e. The minimum atomic E-state index is -0.640. The second-order valence-electron chi connectivity index (χ2n) is 5.19. The third-order valence-corrected chi connectivity index (χ3v) is 2.56. The van der Waals surface area contributed by atoms with Crippen molar-refractivity contribution in [2.45, 2.75) is 33.4 Å². The number of nitrogens with one attached hydrogen (secondary N) is 1. The normalized spacial score (nSPS) is 12.4. The van der Waals surface area contributed by atoms with Crippen molar-refractivity contribution in [3.05, 3.63) is 23.7 Å². The Morgan fingerprint density at radius 2 is 1.95 bits per heavy atom. The molecule has 0 fully saturated rings. The summed E-state index contributed by atoms with van der Waals surface area (Å²) >= 11 is 0. The van der Waals surface area contributed by atoms with Gasteiger partial charge in [0.2, 0.25) is 5.91 Å². The van der Waals surface area contributed by atoms with Gasteiger partial charge in [-0.25, -0.2) is 0 Å². The molecule has 0 aromatic carbocycles. The van der Waals surface area contributed by atoms with Gasteiger partial charge < -0.3 is 21.2 Å². The van der Waals surface area contributed by atoms with Gasteiger partial charge in [0, 0.05) is 0 Å². The maximum atomic E-state index is 11.7. The van der Waals surface area contributed by atoms with E-state index in [4.69, 9.17) is 15.9 Å². The molecule has 0 unspecified atom stereocenters. The summed E-state index contributed by atoms with van der Waals surface area (Å²) in [6.07, 6.45) is 0. The minimum absolute atomic E-state index is 0. The van der Waals surface area contributed by atoms with E-state index in [9.17, 15) is 9.59 Å². The van der Waals surface area contributed by atoms with Crippen LogP contribution in [-0.4, -0.2) is 17.9 Å². The van der Waals surface area contributed by atoms with Gasteiger partial charge >= 0.3 is 0 Å². The molecular weight excluding hydrogens is 270 g/mol. The third kappa shape index (κ3) is 4.92. The number of hydrogen-bond donors (Lipinski definition) is 3. The number of nitrogens with two attached hydrogens (primary N) is 2. The highest BCUT2D eigenvalue weighted by atomic mass is 35.5. The Hall–Kier alpha value is -1.53. The second kappa shape index (κ2) is 6.58. The van der Waals surface area contributed by atoms with E-state index in [0.717, 1.165) is 0 Å². The summed E-state index contributed by atoms with van der Waals surface area (Å²) in [6, 6.07) is 2.44. The molecule has 1 rings (SSSR count). The van der Waals surface area contributed by atoms with Crippen molar-refractivity contribution < 1.29 is 14.0 Å². The van der Waals surface area contributed by atoms with Crippen LogP contribution in [-0.2, 0) is 11.3 Å².